The summed E-state index contributed by atoms with van der Waals surface area (Å²) in [6, 6.07) is 3.99. The Morgan fingerprint density at radius 1 is 1.24 bits per heavy atom. The van der Waals surface area contributed by atoms with Crippen LogP contribution in [0.25, 0.3) is 0 Å². The molecular weight excluding hydrogens is 422 g/mol. The van der Waals surface area contributed by atoms with Crippen molar-refractivity contribution in [2.24, 2.45) is 7.05 Å². The van der Waals surface area contributed by atoms with E-state index < -0.39 is 5.82 Å². The molecule has 1 heterocycles. The first-order valence-corrected chi connectivity index (χ1v) is 9.78. The Morgan fingerprint density at radius 3 is 2.48 bits per heavy atom. The number of nitrogens with one attached hydrogen (secondary N) is 2. The van der Waals surface area contributed by atoms with E-state index >= 15 is 0 Å². The Bertz CT molecular complexity index is 1000. The molecule has 3 aliphatic carbocycles. The number of nitrogens with zero attached hydrogens (tertiary/aromatic N) is 2. The van der Waals surface area contributed by atoms with Crippen LogP contribution in [0.4, 0.5) is 4.39 Å². The second-order valence-electron chi connectivity index (χ2n) is 7.83. The second-order valence-corrected chi connectivity index (χ2v) is 8.61. The van der Waals surface area contributed by atoms with E-state index in [4.69, 9.17) is 27.9 Å². The van der Waals surface area contributed by atoms with Crippen molar-refractivity contribution in [1.29, 1.82) is 0 Å². The summed E-state index contributed by atoms with van der Waals surface area (Å²) in [5, 5.41) is 10.4. The van der Waals surface area contributed by atoms with Gasteiger partial charge in [0.25, 0.3) is 11.8 Å². The average Bonchev–Trinajstić information content (AvgIpc) is 2.87. The van der Waals surface area contributed by atoms with Crippen molar-refractivity contribution in [2.75, 3.05) is 6.61 Å². The van der Waals surface area contributed by atoms with Crippen molar-refractivity contribution in [3.8, 4) is 5.75 Å². The summed E-state index contributed by atoms with van der Waals surface area (Å²) in [4.78, 5) is 24.6. The molecular formula is C19H19Cl2FN4O3. The van der Waals surface area contributed by atoms with Gasteiger partial charge in [0.15, 0.2) is 12.3 Å². The van der Waals surface area contributed by atoms with Crippen molar-refractivity contribution in [1.82, 2.24) is 20.4 Å². The summed E-state index contributed by atoms with van der Waals surface area (Å²) >= 11 is 11.8. The molecule has 5 rings (SSSR count). The Hall–Kier alpha value is -2.32. The summed E-state index contributed by atoms with van der Waals surface area (Å²) in [7, 11) is 1.73. The molecule has 0 unspecified atom stereocenters. The number of hydrogen-bond donors (Lipinski definition) is 2. The highest BCUT2D eigenvalue weighted by Gasteiger charge is 2.69. The zero-order valence-electron chi connectivity index (χ0n) is 15.8. The number of aryl methyl sites for hydroxylation is 1. The zero-order valence-corrected chi connectivity index (χ0v) is 17.3. The van der Waals surface area contributed by atoms with Crippen LogP contribution in [0.3, 0.4) is 0 Å². The van der Waals surface area contributed by atoms with E-state index in [1.807, 2.05) is 0 Å². The number of rotatable bonds is 6. The molecule has 1 aromatic heterocycles. The smallest absolute Gasteiger partial charge is 0.273 e. The molecule has 2 N–H and O–H groups in total. The van der Waals surface area contributed by atoms with E-state index in [0.717, 1.165) is 11.8 Å². The summed E-state index contributed by atoms with van der Waals surface area (Å²) < 4.78 is 20.3. The average molecular weight is 441 g/mol. The topological polar surface area (TPSA) is 85.2 Å². The number of hydrogen-bond acceptors (Lipinski definition) is 4. The van der Waals surface area contributed by atoms with Crippen LogP contribution in [0, 0.1) is 12.7 Å². The largest absolute Gasteiger partial charge is 0.484 e. The summed E-state index contributed by atoms with van der Waals surface area (Å²) in [6.07, 6.45) is 1.91. The number of amides is 2. The molecule has 2 amide bonds. The van der Waals surface area contributed by atoms with Gasteiger partial charge in [-0.25, -0.2) is 4.39 Å². The summed E-state index contributed by atoms with van der Waals surface area (Å²) in [5.41, 5.74) is 0.263. The van der Waals surface area contributed by atoms with E-state index in [0.29, 0.717) is 24.3 Å². The van der Waals surface area contributed by atoms with Crippen LogP contribution in [0.2, 0.25) is 10.0 Å². The van der Waals surface area contributed by atoms with Crippen molar-refractivity contribution in [3.05, 3.63) is 45.4 Å². The van der Waals surface area contributed by atoms with Crippen molar-refractivity contribution >= 4 is 35.0 Å². The third kappa shape index (κ3) is 3.55. The Balaban J connectivity index is 1.26. The van der Waals surface area contributed by atoms with Gasteiger partial charge in [0, 0.05) is 24.2 Å². The maximum absolute atomic E-state index is 13.4. The fourth-order valence-corrected chi connectivity index (χ4v) is 4.49. The highest BCUT2D eigenvalue weighted by Crippen LogP contribution is 2.60. The fraction of sp³-hybridized carbons (Fsp3) is 0.421. The minimum absolute atomic E-state index is 0.00911. The minimum Gasteiger partial charge on any atom is -0.484 e. The van der Waals surface area contributed by atoms with Crippen molar-refractivity contribution < 1.29 is 18.7 Å². The molecule has 2 aromatic rings. The van der Waals surface area contributed by atoms with Crippen LogP contribution in [0.15, 0.2) is 18.2 Å². The first-order chi connectivity index (χ1) is 13.6. The van der Waals surface area contributed by atoms with Gasteiger partial charge in [-0.2, -0.15) is 5.10 Å². The third-order valence-corrected chi connectivity index (χ3v) is 6.31. The Labute approximate surface area is 176 Å². The lowest BCUT2D eigenvalue weighted by atomic mass is 9.44. The van der Waals surface area contributed by atoms with Crippen LogP contribution < -0.4 is 15.4 Å². The fourth-order valence-electron chi connectivity index (χ4n) is 4.13. The first-order valence-electron chi connectivity index (χ1n) is 9.03. The lowest BCUT2D eigenvalue weighted by molar-refractivity contribution is -0.141. The van der Waals surface area contributed by atoms with Gasteiger partial charge in [-0.1, -0.05) is 23.2 Å². The molecule has 3 aliphatic rings. The molecule has 7 nitrogen and oxygen atoms in total. The normalized spacial score (nSPS) is 24.3. The summed E-state index contributed by atoms with van der Waals surface area (Å²) in [6.45, 7) is 1.56. The predicted molar refractivity (Wildman–Crippen MR) is 105 cm³/mol. The minimum atomic E-state index is -0.607. The number of ether oxygens (including phenoxy) is 1. The van der Waals surface area contributed by atoms with Gasteiger partial charge in [0.05, 0.1) is 15.7 Å². The number of carbonyl (C=O) groups is 2. The van der Waals surface area contributed by atoms with E-state index in [1.54, 1.807) is 18.7 Å². The van der Waals surface area contributed by atoms with Crippen LogP contribution in [0.1, 0.15) is 35.4 Å². The van der Waals surface area contributed by atoms with Gasteiger partial charge in [-0.3, -0.25) is 14.3 Å². The number of halogens is 3. The van der Waals surface area contributed by atoms with Crippen LogP contribution >= 0.6 is 23.2 Å². The van der Waals surface area contributed by atoms with Gasteiger partial charge in [-0.15, -0.1) is 0 Å². The predicted octanol–water partition coefficient (Wildman–Crippen LogP) is 2.77. The van der Waals surface area contributed by atoms with Crippen molar-refractivity contribution in [3.63, 3.8) is 0 Å². The quantitative estimate of drug-likeness (QED) is 0.722. The van der Waals surface area contributed by atoms with E-state index in [1.165, 1.54) is 12.1 Å². The first kappa shape index (κ1) is 20.0. The number of carbonyl (C=O) groups excluding carboxylic acids is 2. The van der Waals surface area contributed by atoms with E-state index in [2.05, 4.69) is 15.7 Å². The standard InChI is InChI=1S/C19H19Cl2FN4O3/c1-10-15(21)16(25-26(10)2)17(28)24-19-7-18(8-19,9-19)23-14(27)6-29-11-3-4-12(20)13(22)5-11/h3-5H,6-9H2,1-2H3,(H,23,27)(H,24,28). The maximum atomic E-state index is 13.4. The molecule has 0 atom stereocenters. The molecule has 3 saturated carbocycles. The molecule has 0 spiro atoms. The van der Waals surface area contributed by atoms with Gasteiger partial charge in [0.1, 0.15) is 11.6 Å². The second kappa shape index (κ2) is 6.88. The molecule has 10 heteroatoms. The highest BCUT2D eigenvalue weighted by atomic mass is 35.5. The third-order valence-electron chi connectivity index (χ3n) is 5.55. The molecule has 29 heavy (non-hydrogen) atoms. The molecule has 0 saturated heterocycles. The van der Waals surface area contributed by atoms with Gasteiger partial charge in [-0.05, 0) is 38.3 Å². The zero-order chi connectivity index (χ0) is 21.0. The number of aromatic nitrogens is 2. The highest BCUT2D eigenvalue weighted by molar-refractivity contribution is 6.34. The van der Waals surface area contributed by atoms with E-state index in [9.17, 15) is 14.0 Å². The Kier molecular flexibility index (Phi) is 4.74. The molecule has 0 radical (unpaired) electrons. The lowest BCUT2D eigenvalue weighted by Gasteiger charge is -2.70. The van der Waals surface area contributed by atoms with Crippen molar-refractivity contribution in [2.45, 2.75) is 37.3 Å². The van der Waals surface area contributed by atoms with Crippen LogP contribution in [-0.2, 0) is 11.8 Å². The molecule has 0 aliphatic heterocycles. The molecule has 1 aromatic carbocycles. The molecule has 154 valence electrons. The lowest BCUT2D eigenvalue weighted by Crippen LogP contribution is -2.84. The molecule has 3 fully saturated rings. The van der Waals surface area contributed by atoms with E-state index in [-0.39, 0.29) is 46.0 Å². The SMILES string of the molecule is Cc1c(Cl)c(C(=O)NC23CC(NC(=O)COc4ccc(Cl)c(F)c4)(C2)C3)nn1C. The van der Waals surface area contributed by atoms with Crippen LogP contribution in [-0.4, -0.2) is 39.3 Å². The van der Waals surface area contributed by atoms with Gasteiger partial charge >= 0.3 is 0 Å². The van der Waals surface area contributed by atoms with Gasteiger partial charge < -0.3 is 15.4 Å². The molecule has 2 bridgehead atoms. The maximum Gasteiger partial charge on any atom is 0.273 e. The van der Waals surface area contributed by atoms with Gasteiger partial charge in [0.2, 0.25) is 0 Å². The summed E-state index contributed by atoms with van der Waals surface area (Å²) in [5.74, 6) is -0.995. The van der Waals surface area contributed by atoms with Crippen LogP contribution in [0.5, 0.6) is 5.75 Å². The number of benzene rings is 1. The monoisotopic (exact) mass is 440 g/mol. The Morgan fingerprint density at radius 2 is 1.90 bits per heavy atom.